The maximum Gasteiger partial charge on any atom is 0.233 e. The number of piperidine rings is 1. The second-order valence-corrected chi connectivity index (χ2v) is 9.24. The Balaban J connectivity index is 1.48. The minimum Gasteiger partial charge on any atom is -0.495 e. The Morgan fingerprint density at radius 1 is 1.14 bits per heavy atom. The summed E-state index contributed by atoms with van der Waals surface area (Å²) in [6.45, 7) is 7.59. The summed E-state index contributed by atoms with van der Waals surface area (Å²) < 4.78 is 6.34. The number of piperazine rings is 1. The summed E-state index contributed by atoms with van der Waals surface area (Å²) >= 11 is 7.18. The number of hydrogen-bond acceptors (Lipinski definition) is 5. The van der Waals surface area contributed by atoms with Crippen LogP contribution < -0.4 is 9.64 Å². The first-order chi connectivity index (χ1) is 13.5. The van der Waals surface area contributed by atoms with E-state index >= 15 is 0 Å². The Bertz CT molecular complexity index is 682. The van der Waals surface area contributed by atoms with Crippen molar-refractivity contribution >= 4 is 39.9 Å². The molecule has 1 amide bonds. The third kappa shape index (κ3) is 4.92. The molecule has 154 valence electrons. The molecule has 2 atom stereocenters. The normalized spacial score (nSPS) is 22.9. The van der Waals surface area contributed by atoms with Gasteiger partial charge in [0, 0.05) is 38.3 Å². The lowest BCUT2D eigenvalue weighted by Gasteiger charge is -2.40. The fourth-order valence-corrected chi connectivity index (χ4v) is 5.63. The number of para-hydroxylation sites is 2. The highest BCUT2D eigenvalue weighted by atomic mass is 32.2. The Morgan fingerprint density at radius 2 is 1.79 bits per heavy atom. The van der Waals surface area contributed by atoms with Gasteiger partial charge in [0.25, 0.3) is 0 Å². The van der Waals surface area contributed by atoms with E-state index in [0.29, 0.717) is 17.8 Å². The predicted octanol–water partition coefficient (Wildman–Crippen LogP) is 3.62. The van der Waals surface area contributed by atoms with Crippen LogP contribution in [0.1, 0.15) is 33.1 Å². The molecule has 2 fully saturated rings. The average molecular weight is 422 g/mol. The molecule has 0 aliphatic carbocycles. The Kier molecular flexibility index (Phi) is 7.46. The topological polar surface area (TPSA) is 36.0 Å². The van der Waals surface area contributed by atoms with E-state index in [1.807, 2.05) is 23.1 Å². The number of carbonyl (C=O) groups excluding carboxylic acids is 1. The summed E-state index contributed by atoms with van der Waals surface area (Å²) in [6, 6.07) is 9.01. The first-order valence-electron chi connectivity index (χ1n) is 10.1. The molecule has 2 aliphatic rings. The summed E-state index contributed by atoms with van der Waals surface area (Å²) in [5.74, 6) is 1.50. The van der Waals surface area contributed by atoms with Gasteiger partial charge >= 0.3 is 0 Å². The SMILES string of the molecule is COc1ccccc1N1CCN(C(=O)CSC(=S)N2[C@H](C)CCC[C@H]2C)CC1. The van der Waals surface area contributed by atoms with Crippen molar-refractivity contribution in [2.45, 2.75) is 45.2 Å². The van der Waals surface area contributed by atoms with Crippen LogP contribution in [-0.2, 0) is 4.79 Å². The molecule has 2 aliphatic heterocycles. The Labute approximate surface area is 178 Å². The Morgan fingerprint density at radius 3 is 2.43 bits per heavy atom. The summed E-state index contributed by atoms with van der Waals surface area (Å²) in [7, 11) is 1.70. The fraction of sp³-hybridized carbons (Fsp3) is 0.619. The quantitative estimate of drug-likeness (QED) is 0.691. The van der Waals surface area contributed by atoms with E-state index in [0.717, 1.165) is 41.9 Å². The van der Waals surface area contributed by atoms with Gasteiger partial charge in [0.15, 0.2) is 0 Å². The summed E-state index contributed by atoms with van der Waals surface area (Å²) in [6.07, 6.45) is 3.63. The van der Waals surface area contributed by atoms with Crippen LogP contribution in [-0.4, -0.2) is 71.2 Å². The lowest BCUT2D eigenvalue weighted by atomic mass is 9.99. The van der Waals surface area contributed by atoms with Gasteiger partial charge in [0.1, 0.15) is 10.1 Å². The van der Waals surface area contributed by atoms with E-state index in [1.54, 1.807) is 7.11 Å². The van der Waals surface area contributed by atoms with Gasteiger partial charge in [-0.3, -0.25) is 4.79 Å². The number of thioether (sulfide) groups is 1. The number of carbonyl (C=O) groups is 1. The van der Waals surface area contributed by atoms with Crippen molar-refractivity contribution in [3.05, 3.63) is 24.3 Å². The van der Waals surface area contributed by atoms with E-state index in [4.69, 9.17) is 17.0 Å². The number of ether oxygens (including phenoxy) is 1. The lowest BCUT2D eigenvalue weighted by Crippen LogP contribution is -2.50. The minimum atomic E-state index is 0.185. The molecule has 0 aromatic heterocycles. The van der Waals surface area contributed by atoms with Crippen LogP contribution in [0.25, 0.3) is 0 Å². The van der Waals surface area contributed by atoms with Gasteiger partial charge in [-0.1, -0.05) is 36.1 Å². The van der Waals surface area contributed by atoms with Gasteiger partial charge in [-0.25, -0.2) is 0 Å². The highest BCUT2D eigenvalue weighted by molar-refractivity contribution is 8.23. The highest BCUT2D eigenvalue weighted by Gasteiger charge is 2.28. The standard InChI is InChI=1S/C21H31N3O2S2/c1-16-7-6-8-17(2)24(16)21(27)28-15-20(25)23-13-11-22(12-14-23)18-9-4-5-10-19(18)26-3/h4-5,9-10,16-17H,6-8,11-15H2,1-3H3/t16-,17-/m1/s1. The number of thiocarbonyl (C=S) groups is 1. The van der Waals surface area contributed by atoms with E-state index in [1.165, 1.54) is 31.0 Å². The summed E-state index contributed by atoms with van der Waals surface area (Å²) in [5, 5.41) is 0. The predicted molar refractivity (Wildman–Crippen MR) is 121 cm³/mol. The van der Waals surface area contributed by atoms with Crippen LogP contribution in [0.5, 0.6) is 5.75 Å². The number of amides is 1. The van der Waals surface area contributed by atoms with Crippen molar-refractivity contribution in [2.75, 3.05) is 43.9 Å². The summed E-state index contributed by atoms with van der Waals surface area (Å²) in [4.78, 5) is 19.3. The first kappa shape index (κ1) is 21.2. The van der Waals surface area contributed by atoms with Crippen molar-refractivity contribution in [3.8, 4) is 5.75 Å². The fourth-order valence-electron chi connectivity index (χ4n) is 4.16. The lowest BCUT2D eigenvalue weighted by molar-refractivity contribution is -0.128. The van der Waals surface area contributed by atoms with Gasteiger partial charge in [-0.15, -0.1) is 0 Å². The largest absolute Gasteiger partial charge is 0.495 e. The minimum absolute atomic E-state index is 0.185. The van der Waals surface area contributed by atoms with Crippen molar-refractivity contribution in [3.63, 3.8) is 0 Å². The molecule has 0 unspecified atom stereocenters. The second kappa shape index (κ2) is 9.83. The number of methoxy groups -OCH3 is 1. The second-order valence-electron chi connectivity index (χ2n) is 7.63. The van der Waals surface area contributed by atoms with Gasteiger partial charge in [0.2, 0.25) is 5.91 Å². The van der Waals surface area contributed by atoms with Crippen LogP contribution in [0.15, 0.2) is 24.3 Å². The molecule has 0 saturated carbocycles. The average Bonchev–Trinajstić information content (AvgIpc) is 2.72. The number of hydrogen-bond donors (Lipinski definition) is 0. The zero-order valence-corrected chi connectivity index (χ0v) is 18.7. The number of nitrogens with zero attached hydrogens (tertiary/aromatic N) is 3. The smallest absolute Gasteiger partial charge is 0.233 e. The van der Waals surface area contributed by atoms with E-state index < -0.39 is 0 Å². The van der Waals surface area contributed by atoms with Gasteiger partial charge in [0.05, 0.1) is 18.6 Å². The third-order valence-electron chi connectivity index (χ3n) is 5.78. The number of benzene rings is 1. The molecule has 5 nitrogen and oxygen atoms in total. The highest BCUT2D eigenvalue weighted by Crippen LogP contribution is 2.29. The maximum atomic E-state index is 12.7. The zero-order chi connectivity index (χ0) is 20.1. The maximum absolute atomic E-state index is 12.7. The molecule has 2 heterocycles. The van der Waals surface area contributed by atoms with Crippen LogP contribution in [0.2, 0.25) is 0 Å². The molecule has 0 spiro atoms. The van der Waals surface area contributed by atoms with Crippen molar-refractivity contribution in [1.82, 2.24) is 9.80 Å². The number of likely N-dealkylation sites (tertiary alicyclic amines) is 1. The third-order valence-corrected chi connectivity index (χ3v) is 7.20. The molecular weight excluding hydrogens is 390 g/mol. The van der Waals surface area contributed by atoms with Crippen LogP contribution >= 0.6 is 24.0 Å². The van der Waals surface area contributed by atoms with Crippen LogP contribution in [0, 0.1) is 0 Å². The molecule has 7 heteroatoms. The monoisotopic (exact) mass is 421 g/mol. The summed E-state index contributed by atoms with van der Waals surface area (Å²) in [5.41, 5.74) is 1.10. The molecule has 1 aromatic carbocycles. The molecule has 0 N–H and O–H groups in total. The van der Waals surface area contributed by atoms with E-state index in [9.17, 15) is 4.79 Å². The molecule has 28 heavy (non-hydrogen) atoms. The van der Waals surface area contributed by atoms with Crippen LogP contribution in [0.4, 0.5) is 5.69 Å². The van der Waals surface area contributed by atoms with Crippen LogP contribution in [0.3, 0.4) is 0 Å². The molecule has 0 bridgehead atoms. The van der Waals surface area contributed by atoms with Gasteiger partial charge < -0.3 is 19.4 Å². The first-order valence-corrected chi connectivity index (χ1v) is 11.5. The number of rotatable bonds is 4. The van der Waals surface area contributed by atoms with Crippen molar-refractivity contribution in [2.24, 2.45) is 0 Å². The van der Waals surface area contributed by atoms with E-state index in [2.05, 4.69) is 29.7 Å². The molecular formula is C21H31N3O2S2. The van der Waals surface area contributed by atoms with Gasteiger partial charge in [-0.2, -0.15) is 0 Å². The van der Waals surface area contributed by atoms with Crippen molar-refractivity contribution < 1.29 is 9.53 Å². The molecule has 1 aromatic rings. The Hall–Kier alpha value is -1.47. The van der Waals surface area contributed by atoms with Gasteiger partial charge in [-0.05, 0) is 45.2 Å². The molecule has 0 radical (unpaired) electrons. The molecule has 3 rings (SSSR count). The molecule has 2 saturated heterocycles. The zero-order valence-electron chi connectivity index (χ0n) is 17.1. The van der Waals surface area contributed by atoms with E-state index in [-0.39, 0.29) is 5.91 Å². The number of anilines is 1. The van der Waals surface area contributed by atoms with Crippen molar-refractivity contribution in [1.29, 1.82) is 0 Å².